The highest BCUT2D eigenvalue weighted by atomic mass is 32.2. The first-order valence-corrected chi connectivity index (χ1v) is 15.8. The van der Waals surface area contributed by atoms with E-state index in [0.29, 0.717) is 37.6 Å². The first-order valence-electron chi connectivity index (χ1n) is 14.3. The van der Waals surface area contributed by atoms with Gasteiger partial charge >= 0.3 is 5.97 Å². The van der Waals surface area contributed by atoms with E-state index in [2.05, 4.69) is 15.3 Å². The Labute approximate surface area is 246 Å². The number of aryl methyl sites for hydroxylation is 1. The number of nitrogens with zero attached hydrogens (tertiary/aromatic N) is 4. The first kappa shape index (κ1) is 29.7. The SMILES string of the molecule is CCN1CCN(S(=O)(=O)c2cc(NC(=O)C3CCCC3)ccc2Oc2c(C)c(C(=O)O)nn2-c2ccc(C)cc2)CC1. The molecule has 224 valence electrons. The van der Waals surface area contributed by atoms with E-state index in [1.807, 2.05) is 26.0 Å². The van der Waals surface area contributed by atoms with Gasteiger partial charge in [-0.3, -0.25) is 4.79 Å². The minimum atomic E-state index is -4.04. The molecule has 11 nitrogen and oxygen atoms in total. The van der Waals surface area contributed by atoms with Crippen LogP contribution in [0.3, 0.4) is 0 Å². The van der Waals surface area contributed by atoms with Crippen molar-refractivity contribution in [1.82, 2.24) is 19.0 Å². The molecule has 2 aliphatic rings. The number of ether oxygens (including phenoxy) is 1. The third kappa shape index (κ3) is 6.06. The second-order valence-corrected chi connectivity index (χ2v) is 12.8. The third-order valence-electron chi connectivity index (χ3n) is 8.09. The van der Waals surface area contributed by atoms with Crippen molar-refractivity contribution in [2.75, 3.05) is 38.0 Å². The molecule has 0 spiro atoms. The van der Waals surface area contributed by atoms with Gasteiger partial charge in [0, 0.05) is 43.3 Å². The second kappa shape index (κ2) is 12.2. The van der Waals surface area contributed by atoms with Crippen molar-refractivity contribution in [3.8, 4) is 17.3 Å². The number of hydrogen-bond acceptors (Lipinski definition) is 7. The summed E-state index contributed by atoms with van der Waals surface area (Å²) in [6.45, 7) is 8.22. The van der Waals surface area contributed by atoms with E-state index in [-0.39, 0.29) is 39.6 Å². The molecule has 1 aliphatic heterocycles. The van der Waals surface area contributed by atoms with Gasteiger partial charge in [-0.2, -0.15) is 14.1 Å². The molecule has 0 atom stereocenters. The van der Waals surface area contributed by atoms with Crippen LogP contribution in [0.5, 0.6) is 11.6 Å². The molecule has 1 aromatic heterocycles. The Bertz CT molecular complexity index is 1570. The van der Waals surface area contributed by atoms with Crippen molar-refractivity contribution in [1.29, 1.82) is 0 Å². The molecule has 3 aromatic rings. The lowest BCUT2D eigenvalue weighted by molar-refractivity contribution is -0.119. The molecular weight excluding hydrogens is 558 g/mol. The summed E-state index contributed by atoms with van der Waals surface area (Å²) in [7, 11) is -4.04. The van der Waals surface area contributed by atoms with Crippen molar-refractivity contribution in [3.05, 3.63) is 59.3 Å². The third-order valence-corrected chi connectivity index (χ3v) is 10.0. The number of carboxylic acids is 1. The number of sulfonamides is 1. The largest absolute Gasteiger partial charge is 0.476 e. The van der Waals surface area contributed by atoms with E-state index >= 15 is 0 Å². The number of aromatic nitrogens is 2. The fourth-order valence-corrected chi connectivity index (χ4v) is 7.06. The van der Waals surface area contributed by atoms with Crippen molar-refractivity contribution >= 4 is 27.6 Å². The molecule has 0 bridgehead atoms. The van der Waals surface area contributed by atoms with Gasteiger partial charge in [0.2, 0.25) is 21.8 Å². The van der Waals surface area contributed by atoms with E-state index in [1.165, 1.54) is 21.1 Å². The van der Waals surface area contributed by atoms with Crippen LogP contribution in [0.4, 0.5) is 5.69 Å². The van der Waals surface area contributed by atoms with Crippen molar-refractivity contribution in [2.24, 2.45) is 5.92 Å². The highest BCUT2D eigenvalue weighted by Gasteiger charge is 2.33. The fourth-order valence-electron chi connectivity index (χ4n) is 5.50. The molecule has 1 saturated carbocycles. The summed E-state index contributed by atoms with van der Waals surface area (Å²) >= 11 is 0. The Morgan fingerprint density at radius 3 is 2.31 bits per heavy atom. The lowest BCUT2D eigenvalue weighted by Gasteiger charge is -2.33. The zero-order valence-corrected chi connectivity index (χ0v) is 25.0. The molecule has 2 heterocycles. The quantitative estimate of drug-likeness (QED) is 0.371. The van der Waals surface area contributed by atoms with Crippen LogP contribution < -0.4 is 10.1 Å². The molecule has 42 heavy (non-hydrogen) atoms. The zero-order valence-electron chi connectivity index (χ0n) is 24.2. The van der Waals surface area contributed by atoms with Gasteiger partial charge in [-0.05, 0) is 63.6 Å². The van der Waals surface area contributed by atoms with E-state index in [1.54, 1.807) is 25.1 Å². The molecule has 0 unspecified atom stereocenters. The van der Waals surface area contributed by atoms with Gasteiger partial charge in [-0.1, -0.05) is 37.5 Å². The summed E-state index contributed by atoms with van der Waals surface area (Å²) in [6, 6.07) is 11.8. The molecule has 5 rings (SSSR count). The van der Waals surface area contributed by atoms with Gasteiger partial charge in [0.15, 0.2) is 5.69 Å². The van der Waals surface area contributed by atoms with Crippen LogP contribution in [0.2, 0.25) is 0 Å². The van der Waals surface area contributed by atoms with E-state index in [9.17, 15) is 23.1 Å². The fraction of sp³-hybridized carbons (Fsp3) is 0.433. The highest BCUT2D eigenvalue weighted by molar-refractivity contribution is 7.89. The van der Waals surface area contributed by atoms with E-state index < -0.39 is 16.0 Å². The average molecular weight is 596 g/mol. The predicted octanol–water partition coefficient (Wildman–Crippen LogP) is 4.43. The topological polar surface area (TPSA) is 134 Å². The summed E-state index contributed by atoms with van der Waals surface area (Å²) in [5.74, 6) is -1.34. The highest BCUT2D eigenvalue weighted by Crippen LogP contribution is 2.37. The molecular formula is C30H37N5O6S. The molecule has 0 radical (unpaired) electrons. The number of carboxylic acid groups (broad SMARTS) is 1. The first-order chi connectivity index (χ1) is 20.1. The summed E-state index contributed by atoms with van der Waals surface area (Å²) in [6.07, 6.45) is 3.63. The van der Waals surface area contributed by atoms with Crippen LogP contribution in [0.25, 0.3) is 5.69 Å². The number of carbonyl (C=O) groups excluding carboxylic acids is 1. The van der Waals surface area contributed by atoms with Crippen LogP contribution in [-0.4, -0.2) is 77.1 Å². The average Bonchev–Trinajstić information content (AvgIpc) is 3.63. The van der Waals surface area contributed by atoms with Crippen LogP contribution in [0, 0.1) is 19.8 Å². The molecule has 2 fully saturated rings. The van der Waals surface area contributed by atoms with Crippen LogP contribution in [0.1, 0.15) is 54.2 Å². The van der Waals surface area contributed by atoms with Gasteiger partial charge in [-0.25, -0.2) is 13.2 Å². The minimum Gasteiger partial charge on any atom is -0.476 e. The predicted molar refractivity (Wildman–Crippen MR) is 158 cm³/mol. The van der Waals surface area contributed by atoms with Crippen LogP contribution in [-0.2, 0) is 14.8 Å². The monoisotopic (exact) mass is 595 g/mol. The number of hydrogen-bond donors (Lipinski definition) is 2. The Balaban J connectivity index is 1.56. The molecule has 2 aromatic carbocycles. The summed E-state index contributed by atoms with van der Waals surface area (Å²) in [5, 5.41) is 17.0. The van der Waals surface area contributed by atoms with Gasteiger partial charge in [0.25, 0.3) is 0 Å². The summed E-state index contributed by atoms with van der Waals surface area (Å²) in [4.78, 5) is 26.9. The minimum absolute atomic E-state index is 0.0140. The second-order valence-electron chi connectivity index (χ2n) is 10.9. The van der Waals surface area contributed by atoms with Crippen molar-refractivity contribution < 1.29 is 27.9 Å². The molecule has 2 N–H and O–H groups in total. The smallest absolute Gasteiger partial charge is 0.356 e. The number of aromatic carboxylic acids is 1. The van der Waals surface area contributed by atoms with Gasteiger partial charge in [0.1, 0.15) is 10.6 Å². The van der Waals surface area contributed by atoms with Gasteiger partial charge in [0.05, 0.1) is 5.69 Å². The number of benzene rings is 2. The van der Waals surface area contributed by atoms with Gasteiger partial charge < -0.3 is 20.1 Å². The maximum atomic E-state index is 14.1. The number of amides is 1. The van der Waals surface area contributed by atoms with E-state index in [4.69, 9.17) is 4.74 Å². The Morgan fingerprint density at radius 2 is 1.69 bits per heavy atom. The van der Waals surface area contributed by atoms with Crippen molar-refractivity contribution in [3.63, 3.8) is 0 Å². The number of nitrogens with one attached hydrogen (secondary N) is 1. The Hall–Kier alpha value is -3.74. The molecule has 1 amide bonds. The number of rotatable bonds is 9. The summed E-state index contributed by atoms with van der Waals surface area (Å²) < 4.78 is 37.2. The lowest BCUT2D eigenvalue weighted by atomic mass is 10.1. The van der Waals surface area contributed by atoms with Crippen molar-refractivity contribution in [2.45, 2.75) is 51.3 Å². The molecule has 1 saturated heterocycles. The Kier molecular flexibility index (Phi) is 8.67. The number of carbonyl (C=O) groups is 2. The number of anilines is 1. The van der Waals surface area contributed by atoms with E-state index in [0.717, 1.165) is 37.8 Å². The Morgan fingerprint density at radius 1 is 1.02 bits per heavy atom. The maximum absolute atomic E-state index is 14.1. The number of piperazine rings is 1. The lowest BCUT2D eigenvalue weighted by Crippen LogP contribution is -2.48. The summed E-state index contributed by atoms with van der Waals surface area (Å²) in [5.41, 5.74) is 1.98. The molecule has 12 heteroatoms. The van der Waals surface area contributed by atoms with Crippen LogP contribution >= 0.6 is 0 Å². The molecule has 1 aliphatic carbocycles. The van der Waals surface area contributed by atoms with Crippen LogP contribution in [0.15, 0.2) is 47.4 Å². The number of likely N-dealkylation sites (N-methyl/N-ethyl adjacent to an activating group) is 1. The zero-order chi connectivity index (χ0) is 30.0. The standard InChI is InChI=1S/C30H37N5O6S/c1-4-33-15-17-34(18-16-33)42(39,40)26-19-23(31-28(36)22-7-5-6-8-22)11-14-25(26)41-29-21(3)27(30(37)38)32-35(29)24-12-9-20(2)10-13-24/h9-14,19,22H,4-8,15-18H2,1-3H3,(H,31,36)(H,37,38). The maximum Gasteiger partial charge on any atom is 0.356 e. The van der Waals surface area contributed by atoms with Gasteiger partial charge in [-0.15, -0.1) is 0 Å². The normalized spacial score (nSPS) is 16.9.